The van der Waals surface area contributed by atoms with E-state index in [1.807, 2.05) is 20.8 Å². The van der Waals surface area contributed by atoms with E-state index in [9.17, 15) is 14.4 Å². The molecule has 0 radical (unpaired) electrons. The second kappa shape index (κ2) is 7.32. The third kappa shape index (κ3) is 4.45. The van der Waals surface area contributed by atoms with Crippen LogP contribution in [-0.2, 0) is 14.3 Å². The van der Waals surface area contributed by atoms with Crippen LogP contribution in [0.4, 0.5) is 4.79 Å². The standard InChI is InChI=1S/C17H28N2O4/c1-17(2,3)14(15(21)19-10-6-7-12(19)11-20)18-16(22)23-13-8-4-5-9-13/h11-14H,4-10H2,1-3H3,(H,18,22)/t12-,14+/m0/s1. The summed E-state index contributed by atoms with van der Waals surface area (Å²) in [7, 11) is 0. The highest BCUT2D eigenvalue weighted by Crippen LogP contribution is 2.26. The third-order valence-electron chi connectivity index (χ3n) is 4.69. The van der Waals surface area contributed by atoms with Gasteiger partial charge in [-0.1, -0.05) is 20.8 Å². The van der Waals surface area contributed by atoms with E-state index >= 15 is 0 Å². The number of rotatable bonds is 4. The summed E-state index contributed by atoms with van der Waals surface area (Å²) < 4.78 is 5.41. The van der Waals surface area contributed by atoms with E-state index in [-0.39, 0.29) is 18.1 Å². The number of likely N-dealkylation sites (tertiary alicyclic amines) is 1. The van der Waals surface area contributed by atoms with E-state index < -0.39 is 17.6 Å². The van der Waals surface area contributed by atoms with Gasteiger partial charge in [-0.25, -0.2) is 4.79 Å². The molecule has 1 saturated heterocycles. The maximum Gasteiger partial charge on any atom is 0.408 e. The van der Waals surface area contributed by atoms with Crippen LogP contribution in [0.15, 0.2) is 0 Å². The maximum absolute atomic E-state index is 12.8. The maximum atomic E-state index is 12.8. The molecule has 1 saturated carbocycles. The quantitative estimate of drug-likeness (QED) is 0.805. The third-order valence-corrected chi connectivity index (χ3v) is 4.69. The predicted octanol–water partition coefficient (Wildman–Crippen LogP) is 2.26. The summed E-state index contributed by atoms with van der Waals surface area (Å²) in [6.45, 7) is 6.26. The molecule has 0 aromatic rings. The number of hydrogen-bond donors (Lipinski definition) is 1. The number of nitrogens with zero attached hydrogens (tertiary/aromatic N) is 1. The zero-order valence-corrected chi connectivity index (χ0v) is 14.3. The lowest BCUT2D eigenvalue weighted by Crippen LogP contribution is -2.56. The van der Waals surface area contributed by atoms with Crippen molar-refractivity contribution in [1.82, 2.24) is 10.2 Å². The van der Waals surface area contributed by atoms with Crippen molar-refractivity contribution in [1.29, 1.82) is 0 Å². The molecule has 6 nitrogen and oxygen atoms in total. The van der Waals surface area contributed by atoms with E-state index in [1.54, 1.807) is 4.90 Å². The Balaban J connectivity index is 2.02. The van der Waals surface area contributed by atoms with Crippen LogP contribution in [0.5, 0.6) is 0 Å². The van der Waals surface area contributed by atoms with Crippen molar-refractivity contribution >= 4 is 18.3 Å². The predicted molar refractivity (Wildman–Crippen MR) is 85.9 cm³/mol. The first kappa shape index (κ1) is 17.8. The second-order valence-electron chi connectivity index (χ2n) is 7.63. The molecule has 0 unspecified atom stereocenters. The van der Waals surface area contributed by atoms with Crippen LogP contribution in [-0.4, -0.2) is 47.9 Å². The Hall–Kier alpha value is -1.59. The molecule has 1 heterocycles. The second-order valence-corrected chi connectivity index (χ2v) is 7.63. The molecule has 130 valence electrons. The fourth-order valence-corrected chi connectivity index (χ4v) is 3.33. The molecule has 0 aromatic carbocycles. The summed E-state index contributed by atoms with van der Waals surface area (Å²) in [5, 5.41) is 2.74. The monoisotopic (exact) mass is 324 g/mol. The van der Waals surface area contributed by atoms with Gasteiger partial charge in [-0.2, -0.15) is 0 Å². The highest BCUT2D eigenvalue weighted by Gasteiger charge is 2.40. The molecule has 2 aliphatic rings. The van der Waals surface area contributed by atoms with Crippen LogP contribution in [0.25, 0.3) is 0 Å². The van der Waals surface area contributed by atoms with Gasteiger partial charge in [0, 0.05) is 6.54 Å². The zero-order valence-electron chi connectivity index (χ0n) is 14.3. The number of aldehydes is 1. The molecule has 1 N–H and O–H groups in total. The highest BCUT2D eigenvalue weighted by atomic mass is 16.6. The van der Waals surface area contributed by atoms with Crippen LogP contribution in [0, 0.1) is 5.41 Å². The van der Waals surface area contributed by atoms with Crippen LogP contribution in [0.2, 0.25) is 0 Å². The van der Waals surface area contributed by atoms with Crippen LogP contribution >= 0.6 is 0 Å². The van der Waals surface area contributed by atoms with Crippen molar-refractivity contribution in [2.45, 2.75) is 77.5 Å². The van der Waals surface area contributed by atoms with Crippen molar-refractivity contribution in [3.8, 4) is 0 Å². The van der Waals surface area contributed by atoms with Gasteiger partial charge in [0.05, 0.1) is 6.04 Å². The number of carbonyl (C=O) groups is 3. The molecule has 0 bridgehead atoms. The van der Waals surface area contributed by atoms with Gasteiger partial charge in [0.15, 0.2) is 0 Å². The summed E-state index contributed by atoms with van der Waals surface area (Å²) >= 11 is 0. The fourth-order valence-electron chi connectivity index (χ4n) is 3.33. The number of hydrogen-bond acceptors (Lipinski definition) is 4. The number of alkyl carbamates (subject to hydrolysis) is 1. The van der Waals surface area contributed by atoms with Gasteiger partial charge < -0.3 is 19.7 Å². The van der Waals surface area contributed by atoms with E-state index in [2.05, 4.69) is 5.32 Å². The Morgan fingerprint density at radius 3 is 2.39 bits per heavy atom. The Morgan fingerprint density at radius 1 is 1.17 bits per heavy atom. The first-order valence-electron chi connectivity index (χ1n) is 8.56. The number of nitrogens with one attached hydrogen (secondary N) is 1. The van der Waals surface area contributed by atoms with Gasteiger partial charge >= 0.3 is 6.09 Å². The van der Waals surface area contributed by atoms with Crippen LogP contribution < -0.4 is 5.32 Å². The molecule has 2 rings (SSSR count). The van der Waals surface area contributed by atoms with Crippen molar-refractivity contribution in [3.63, 3.8) is 0 Å². The Morgan fingerprint density at radius 2 is 1.83 bits per heavy atom. The summed E-state index contributed by atoms with van der Waals surface area (Å²) in [4.78, 5) is 37.7. The fraction of sp³-hybridized carbons (Fsp3) is 0.824. The smallest absolute Gasteiger partial charge is 0.408 e. The van der Waals surface area contributed by atoms with Gasteiger partial charge in [-0.15, -0.1) is 0 Å². The molecular formula is C17H28N2O4. The van der Waals surface area contributed by atoms with Crippen LogP contribution in [0.3, 0.4) is 0 Å². The van der Waals surface area contributed by atoms with Crippen molar-refractivity contribution in [2.75, 3.05) is 6.54 Å². The lowest BCUT2D eigenvalue weighted by atomic mass is 9.85. The van der Waals surface area contributed by atoms with Gasteiger partial charge in [-0.05, 0) is 43.9 Å². The minimum atomic E-state index is -0.697. The van der Waals surface area contributed by atoms with Crippen molar-refractivity contribution in [2.24, 2.45) is 5.41 Å². The van der Waals surface area contributed by atoms with Gasteiger partial charge in [0.25, 0.3) is 0 Å². The van der Waals surface area contributed by atoms with Crippen molar-refractivity contribution in [3.05, 3.63) is 0 Å². The minimum Gasteiger partial charge on any atom is -0.446 e. The Labute approximate surface area is 137 Å². The molecule has 1 aliphatic heterocycles. The van der Waals surface area contributed by atoms with E-state index in [0.717, 1.165) is 38.4 Å². The van der Waals surface area contributed by atoms with Gasteiger partial charge in [0.2, 0.25) is 5.91 Å². The van der Waals surface area contributed by atoms with Crippen LogP contribution in [0.1, 0.15) is 59.3 Å². The first-order valence-corrected chi connectivity index (χ1v) is 8.56. The summed E-state index contributed by atoms with van der Waals surface area (Å²) in [5.41, 5.74) is -0.457. The SMILES string of the molecule is CC(C)(C)[C@H](NC(=O)OC1CCCC1)C(=O)N1CCC[C@H]1C=O. The molecule has 23 heavy (non-hydrogen) atoms. The topological polar surface area (TPSA) is 75.7 Å². The average molecular weight is 324 g/mol. The Kier molecular flexibility index (Phi) is 5.65. The zero-order chi connectivity index (χ0) is 17.0. The van der Waals surface area contributed by atoms with Crippen molar-refractivity contribution < 1.29 is 19.1 Å². The van der Waals surface area contributed by atoms with Gasteiger partial charge in [0.1, 0.15) is 18.4 Å². The molecule has 2 fully saturated rings. The Bertz CT molecular complexity index is 452. The number of amides is 2. The normalized spacial score (nSPS) is 23.6. The molecule has 2 amide bonds. The molecule has 0 spiro atoms. The number of ether oxygens (including phenoxy) is 1. The molecule has 2 atom stereocenters. The molecule has 1 aliphatic carbocycles. The first-order chi connectivity index (χ1) is 10.8. The minimum absolute atomic E-state index is 0.0415. The lowest BCUT2D eigenvalue weighted by molar-refractivity contribution is -0.138. The lowest BCUT2D eigenvalue weighted by Gasteiger charge is -2.34. The molecule has 6 heteroatoms. The summed E-state index contributed by atoms with van der Waals surface area (Å²) in [6.07, 6.45) is 5.69. The summed E-state index contributed by atoms with van der Waals surface area (Å²) in [6, 6.07) is -1.07. The highest BCUT2D eigenvalue weighted by molar-refractivity contribution is 5.88. The molecule has 0 aromatic heterocycles. The van der Waals surface area contributed by atoms with E-state index in [4.69, 9.17) is 4.74 Å². The van der Waals surface area contributed by atoms with E-state index in [0.29, 0.717) is 13.0 Å². The summed E-state index contributed by atoms with van der Waals surface area (Å²) in [5.74, 6) is -0.199. The number of carbonyl (C=O) groups excluding carboxylic acids is 3. The molecular weight excluding hydrogens is 296 g/mol. The van der Waals surface area contributed by atoms with Gasteiger partial charge in [-0.3, -0.25) is 4.79 Å². The average Bonchev–Trinajstić information content (AvgIpc) is 3.13. The largest absolute Gasteiger partial charge is 0.446 e. The van der Waals surface area contributed by atoms with E-state index in [1.165, 1.54) is 0 Å².